The summed E-state index contributed by atoms with van der Waals surface area (Å²) in [5.41, 5.74) is 0. The van der Waals surface area contributed by atoms with Gasteiger partial charge < -0.3 is 23.8 Å². The van der Waals surface area contributed by atoms with Crippen molar-refractivity contribution in [2.45, 2.75) is 238 Å². The van der Waals surface area contributed by atoms with Gasteiger partial charge in [0.15, 0.2) is 0 Å². The Hall–Kier alpha value is -2.20. The fraction of sp³-hybridized carbons (Fsp3) is 0.917. The molecule has 1 heterocycles. The monoisotopic (exact) mass is 823 g/mol. The van der Waals surface area contributed by atoms with Crippen LogP contribution in [0.1, 0.15) is 220 Å². The van der Waals surface area contributed by atoms with E-state index in [1.54, 1.807) is 0 Å². The Balaban J connectivity index is 2.40. The molecule has 1 rings (SSSR count). The summed E-state index contributed by atoms with van der Waals surface area (Å²) in [4.78, 5) is 54.7. The van der Waals surface area contributed by atoms with Gasteiger partial charge in [0.1, 0.15) is 18.2 Å². The lowest BCUT2D eigenvalue weighted by Crippen LogP contribution is -2.38. The van der Waals surface area contributed by atoms with Gasteiger partial charge in [0.2, 0.25) is 0 Å². The zero-order valence-electron chi connectivity index (χ0n) is 38.3. The van der Waals surface area contributed by atoms with Gasteiger partial charge in [-0.1, -0.05) is 136 Å². The summed E-state index contributed by atoms with van der Waals surface area (Å²) in [6, 6.07) is -0.443. The normalized spacial score (nSPS) is 15.6. The first-order valence-electron chi connectivity index (χ1n) is 24.3. The summed E-state index contributed by atoms with van der Waals surface area (Å²) in [5, 5.41) is 0. The Bertz CT molecular complexity index is 1010. The number of nitrogens with zero attached hydrogens (tertiary/aromatic N) is 2. The van der Waals surface area contributed by atoms with Crippen molar-refractivity contribution >= 4 is 23.9 Å². The molecule has 10 heteroatoms. The smallest absolute Gasteiger partial charge is 0.323 e. The average Bonchev–Trinajstić information content (AvgIpc) is 3.60. The number of hydrogen-bond donors (Lipinski definition) is 0. The van der Waals surface area contributed by atoms with E-state index < -0.39 is 6.04 Å². The first-order valence-corrected chi connectivity index (χ1v) is 24.3. The predicted molar refractivity (Wildman–Crippen MR) is 236 cm³/mol. The van der Waals surface area contributed by atoms with Gasteiger partial charge in [-0.25, -0.2) is 0 Å². The Morgan fingerprint density at radius 1 is 0.552 bits per heavy atom. The van der Waals surface area contributed by atoms with Gasteiger partial charge in [0.25, 0.3) is 0 Å². The van der Waals surface area contributed by atoms with E-state index in [0.717, 1.165) is 89.9 Å². The molecule has 0 bridgehead atoms. The molecule has 0 radical (unpaired) electrons. The maximum atomic E-state index is 13.3. The van der Waals surface area contributed by atoms with Crippen LogP contribution < -0.4 is 0 Å². The van der Waals surface area contributed by atoms with Gasteiger partial charge >= 0.3 is 23.9 Å². The topological polar surface area (TPSA) is 112 Å². The number of likely N-dealkylation sites (tertiary alicyclic amines) is 1. The second-order valence-electron chi connectivity index (χ2n) is 17.3. The Morgan fingerprint density at radius 2 is 1.03 bits per heavy atom. The lowest BCUT2D eigenvalue weighted by molar-refractivity contribution is -0.151. The molecule has 1 saturated heterocycles. The number of unbranched alkanes of at least 4 members (excludes halogenated alkanes) is 20. The third-order valence-electron chi connectivity index (χ3n) is 11.4. The molecule has 10 nitrogen and oxygen atoms in total. The van der Waals surface area contributed by atoms with Gasteiger partial charge in [-0.15, -0.1) is 0 Å². The van der Waals surface area contributed by atoms with E-state index in [1.165, 1.54) is 83.5 Å². The minimum Gasteiger partial charge on any atom is -0.466 e. The van der Waals surface area contributed by atoms with Crippen molar-refractivity contribution in [3.8, 4) is 0 Å². The zero-order valence-corrected chi connectivity index (χ0v) is 38.3. The second-order valence-corrected chi connectivity index (χ2v) is 17.3. The third kappa shape index (κ3) is 30.8. The Labute approximate surface area is 356 Å². The Kier molecular flexibility index (Phi) is 35.1. The van der Waals surface area contributed by atoms with Crippen molar-refractivity contribution in [2.24, 2.45) is 0 Å². The molecule has 58 heavy (non-hydrogen) atoms. The lowest BCUT2D eigenvalue weighted by atomic mass is 10.0. The molecule has 1 aliphatic heterocycles. The van der Waals surface area contributed by atoms with E-state index in [-0.39, 0.29) is 36.1 Å². The number of carbonyl (C=O) groups excluding carboxylic acids is 4. The summed E-state index contributed by atoms with van der Waals surface area (Å²) in [6.45, 7) is 9.35. The maximum Gasteiger partial charge on any atom is 0.323 e. The minimum atomic E-state index is -0.443. The number of esters is 4. The van der Waals surface area contributed by atoms with Crippen LogP contribution in [0.15, 0.2) is 0 Å². The molecular weight excluding hydrogens is 733 g/mol. The molecule has 1 aliphatic rings. The largest absolute Gasteiger partial charge is 0.466 e. The second kappa shape index (κ2) is 37.8. The van der Waals surface area contributed by atoms with Crippen molar-refractivity contribution < 1.29 is 38.1 Å². The highest BCUT2D eigenvalue weighted by atomic mass is 16.6. The fourth-order valence-electron chi connectivity index (χ4n) is 7.71. The SMILES string of the molecule is CCCCCCCCC(CCCCCCCC)OC(=O)CCCCCCCOC(=O)[C@@H]1CC(OC(=O)CCN(C)C)CN1CCCCCC(=O)OCCCCCCC. The highest BCUT2D eigenvalue weighted by molar-refractivity contribution is 5.76. The Morgan fingerprint density at radius 3 is 1.60 bits per heavy atom. The lowest BCUT2D eigenvalue weighted by Gasteiger charge is -2.22. The van der Waals surface area contributed by atoms with Crippen molar-refractivity contribution in [1.29, 1.82) is 0 Å². The number of rotatable bonds is 40. The standard InChI is InChI=1S/C48H90N2O8/c1-6-9-12-15-18-24-31-42(32-25-19-16-13-10-7-2)57-46(52)34-26-20-17-22-30-39-56-48(54)44-40-43(58-47(53)35-37-49(4)5)41-50(44)36-28-23-27-33-45(51)55-38-29-21-14-11-8-3/h42-44H,6-41H2,1-5H3/t43?,44-/m0/s1. The average molecular weight is 823 g/mol. The fourth-order valence-corrected chi connectivity index (χ4v) is 7.71. The van der Waals surface area contributed by atoms with Gasteiger partial charge in [0, 0.05) is 32.4 Å². The number of carbonyl (C=O) groups is 4. The van der Waals surface area contributed by atoms with Crippen LogP contribution in [0, 0.1) is 0 Å². The first kappa shape index (κ1) is 53.8. The van der Waals surface area contributed by atoms with Crippen molar-refractivity contribution in [2.75, 3.05) is 46.9 Å². The maximum absolute atomic E-state index is 13.3. The molecule has 0 aromatic heterocycles. The number of ether oxygens (including phenoxy) is 4. The van der Waals surface area contributed by atoms with E-state index in [2.05, 4.69) is 25.7 Å². The van der Waals surface area contributed by atoms with Crippen LogP contribution in [0.2, 0.25) is 0 Å². The summed E-state index contributed by atoms with van der Waals surface area (Å²) >= 11 is 0. The van der Waals surface area contributed by atoms with E-state index in [1.807, 2.05) is 19.0 Å². The molecule has 1 unspecified atom stereocenters. The molecule has 1 fully saturated rings. The summed E-state index contributed by atoms with van der Waals surface area (Å²) < 4.78 is 22.9. The van der Waals surface area contributed by atoms with E-state index in [4.69, 9.17) is 18.9 Å². The minimum absolute atomic E-state index is 0.0512. The third-order valence-corrected chi connectivity index (χ3v) is 11.4. The van der Waals surface area contributed by atoms with Crippen LogP contribution in [-0.4, -0.2) is 98.9 Å². The van der Waals surface area contributed by atoms with Crippen LogP contribution in [0.5, 0.6) is 0 Å². The zero-order chi connectivity index (χ0) is 42.5. The summed E-state index contributed by atoms with van der Waals surface area (Å²) in [7, 11) is 3.85. The number of hydrogen-bond acceptors (Lipinski definition) is 10. The molecule has 0 aromatic carbocycles. The van der Waals surface area contributed by atoms with Gasteiger partial charge in [-0.3, -0.25) is 24.1 Å². The van der Waals surface area contributed by atoms with Crippen LogP contribution in [0.4, 0.5) is 0 Å². The van der Waals surface area contributed by atoms with E-state index in [0.29, 0.717) is 58.5 Å². The predicted octanol–water partition coefficient (Wildman–Crippen LogP) is 11.3. The van der Waals surface area contributed by atoms with Crippen molar-refractivity contribution in [1.82, 2.24) is 9.80 Å². The van der Waals surface area contributed by atoms with E-state index in [9.17, 15) is 19.2 Å². The van der Waals surface area contributed by atoms with Crippen LogP contribution >= 0.6 is 0 Å². The van der Waals surface area contributed by atoms with Crippen LogP contribution in [0.3, 0.4) is 0 Å². The molecule has 0 N–H and O–H groups in total. The van der Waals surface area contributed by atoms with Gasteiger partial charge in [-0.05, 0) is 78.4 Å². The molecule has 0 amide bonds. The molecule has 0 aliphatic carbocycles. The van der Waals surface area contributed by atoms with Gasteiger partial charge in [-0.2, -0.15) is 0 Å². The molecular formula is C48H90N2O8. The molecule has 2 atom stereocenters. The molecule has 340 valence electrons. The first-order chi connectivity index (χ1) is 28.2. The molecule has 0 spiro atoms. The summed E-state index contributed by atoms with van der Waals surface area (Å²) in [5.74, 6) is -0.684. The van der Waals surface area contributed by atoms with E-state index >= 15 is 0 Å². The quantitative estimate of drug-likeness (QED) is 0.0336. The van der Waals surface area contributed by atoms with Crippen molar-refractivity contribution in [3.05, 3.63) is 0 Å². The summed E-state index contributed by atoms with van der Waals surface area (Å²) in [6.07, 6.45) is 30.9. The van der Waals surface area contributed by atoms with Crippen LogP contribution in [0.25, 0.3) is 0 Å². The van der Waals surface area contributed by atoms with Crippen LogP contribution in [-0.2, 0) is 38.1 Å². The highest BCUT2D eigenvalue weighted by Gasteiger charge is 2.39. The van der Waals surface area contributed by atoms with Gasteiger partial charge in [0.05, 0.1) is 19.6 Å². The molecule has 0 saturated carbocycles. The highest BCUT2D eigenvalue weighted by Crippen LogP contribution is 2.24. The van der Waals surface area contributed by atoms with Crippen molar-refractivity contribution in [3.63, 3.8) is 0 Å². The molecule has 0 aromatic rings.